The predicted octanol–water partition coefficient (Wildman–Crippen LogP) is 3.67. The predicted molar refractivity (Wildman–Crippen MR) is 75.6 cm³/mol. The zero-order valence-corrected chi connectivity index (χ0v) is 11.2. The van der Waals surface area contributed by atoms with Crippen LogP contribution in [0.3, 0.4) is 0 Å². The van der Waals surface area contributed by atoms with Gasteiger partial charge in [0.25, 0.3) is 0 Å². The second-order valence-electron chi connectivity index (χ2n) is 4.53. The van der Waals surface area contributed by atoms with Gasteiger partial charge in [-0.05, 0) is 50.4 Å². The number of nitrogens with two attached hydrogens (primary N) is 1. The van der Waals surface area contributed by atoms with Crippen molar-refractivity contribution in [2.75, 3.05) is 6.54 Å². The Bertz CT molecular complexity index is 476. The monoisotopic (exact) mass is 248 g/mol. The molecule has 1 aromatic heterocycles. The van der Waals surface area contributed by atoms with Crippen LogP contribution in [0.5, 0.6) is 0 Å². The van der Waals surface area contributed by atoms with Gasteiger partial charge < -0.3 is 5.73 Å². The first kappa shape index (κ1) is 12.5. The summed E-state index contributed by atoms with van der Waals surface area (Å²) in [6.45, 7) is 2.95. The van der Waals surface area contributed by atoms with E-state index in [1.54, 1.807) is 0 Å². The Morgan fingerprint density at radius 1 is 1.18 bits per heavy atom. The molecule has 0 unspecified atom stereocenters. The molecule has 0 spiro atoms. The molecule has 17 heavy (non-hydrogen) atoms. The topological polar surface area (TPSA) is 38.9 Å². The minimum absolute atomic E-state index is 0.820. The number of unbranched alkanes of at least 4 members (excludes halogenated alkanes) is 3. The maximum absolute atomic E-state index is 5.48. The van der Waals surface area contributed by atoms with Crippen molar-refractivity contribution < 1.29 is 0 Å². The zero-order chi connectivity index (χ0) is 12.1. The summed E-state index contributed by atoms with van der Waals surface area (Å²) in [5.41, 5.74) is 7.94. The molecule has 92 valence electrons. The molecule has 2 aromatic rings. The van der Waals surface area contributed by atoms with Crippen LogP contribution in [-0.4, -0.2) is 11.5 Å². The van der Waals surface area contributed by atoms with Crippen molar-refractivity contribution >= 4 is 21.6 Å². The van der Waals surface area contributed by atoms with Gasteiger partial charge >= 0.3 is 0 Å². The number of hydrogen-bond donors (Lipinski definition) is 1. The summed E-state index contributed by atoms with van der Waals surface area (Å²) in [6, 6.07) is 6.48. The number of hydrogen-bond acceptors (Lipinski definition) is 3. The largest absolute Gasteiger partial charge is 0.330 e. The first-order valence-corrected chi connectivity index (χ1v) is 7.17. The number of benzene rings is 1. The number of fused-ring (bicyclic) bond motifs is 1. The van der Waals surface area contributed by atoms with Gasteiger partial charge in [-0.1, -0.05) is 18.9 Å². The highest BCUT2D eigenvalue weighted by molar-refractivity contribution is 7.18. The van der Waals surface area contributed by atoms with E-state index in [4.69, 9.17) is 5.73 Å². The van der Waals surface area contributed by atoms with Crippen molar-refractivity contribution in [2.45, 2.75) is 39.0 Å². The maximum Gasteiger partial charge on any atom is 0.0938 e. The molecule has 2 rings (SSSR count). The van der Waals surface area contributed by atoms with Crippen LogP contribution in [0.25, 0.3) is 10.2 Å². The van der Waals surface area contributed by atoms with Crippen molar-refractivity contribution in [1.82, 2.24) is 4.98 Å². The summed E-state index contributed by atoms with van der Waals surface area (Å²) in [7, 11) is 0. The van der Waals surface area contributed by atoms with E-state index >= 15 is 0 Å². The lowest BCUT2D eigenvalue weighted by Crippen LogP contribution is -1.97. The standard InChI is InChI=1S/C14H20N2S/c1-11-7-8-12-13(10-11)17-14(16-12)6-4-2-3-5-9-15/h7-8,10H,2-6,9,15H2,1H3. The molecule has 0 aliphatic heterocycles. The Kier molecular flexibility index (Phi) is 4.51. The summed E-state index contributed by atoms with van der Waals surface area (Å²) < 4.78 is 1.32. The van der Waals surface area contributed by atoms with E-state index in [-0.39, 0.29) is 0 Å². The van der Waals surface area contributed by atoms with Crippen molar-refractivity contribution in [3.63, 3.8) is 0 Å². The fourth-order valence-electron chi connectivity index (χ4n) is 1.96. The number of aromatic nitrogens is 1. The van der Waals surface area contributed by atoms with Crippen LogP contribution in [0.4, 0.5) is 0 Å². The molecule has 1 heterocycles. The lowest BCUT2D eigenvalue weighted by Gasteiger charge is -1.97. The third-order valence-electron chi connectivity index (χ3n) is 2.93. The number of rotatable bonds is 6. The fourth-order valence-corrected chi connectivity index (χ4v) is 3.07. The summed E-state index contributed by atoms with van der Waals surface area (Å²) in [5, 5.41) is 1.28. The quantitative estimate of drug-likeness (QED) is 0.792. The van der Waals surface area contributed by atoms with Crippen molar-refractivity contribution in [3.8, 4) is 0 Å². The van der Waals surface area contributed by atoms with Crippen molar-refractivity contribution in [3.05, 3.63) is 28.8 Å². The molecule has 3 heteroatoms. The molecule has 0 saturated heterocycles. The molecule has 0 aliphatic carbocycles. The molecule has 1 aromatic carbocycles. The normalized spacial score (nSPS) is 11.2. The van der Waals surface area contributed by atoms with E-state index in [2.05, 4.69) is 30.1 Å². The third kappa shape index (κ3) is 3.51. The summed E-state index contributed by atoms with van der Waals surface area (Å²) >= 11 is 1.84. The van der Waals surface area contributed by atoms with Gasteiger partial charge in [0.1, 0.15) is 0 Å². The van der Waals surface area contributed by atoms with Gasteiger partial charge in [0.15, 0.2) is 0 Å². The van der Waals surface area contributed by atoms with Crippen LogP contribution < -0.4 is 5.73 Å². The Hall–Kier alpha value is -0.930. The van der Waals surface area contributed by atoms with Gasteiger partial charge in [-0.15, -0.1) is 11.3 Å². The summed E-state index contributed by atoms with van der Waals surface area (Å²) in [5.74, 6) is 0. The van der Waals surface area contributed by atoms with Gasteiger partial charge in [0.2, 0.25) is 0 Å². The first-order chi connectivity index (χ1) is 8.29. The Balaban J connectivity index is 1.91. The van der Waals surface area contributed by atoms with Crippen LogP contribution in [-0.2, 0) is 6.42 Å². The molecule has 0 bridgehead atoms. The highest BCUT2D eigenvalue weighted by Gasteiger charge is 2.03. The molecule has 0 amide bonds. The molecule has 2 nitrogen and oxygen atoms in total. The van der Waals surface area contributed by atoms with Gasteiger partial charge in [-0.2, -0.15) is 0 Å². The SMILES string of the molecule is Cc1ccc2nc(CCCCCCN)sc2c1. The summed E-state index contributed by atoms with van der Waals surface area (Å²) in [6.07, 6.45) is 6.02. The van der Waals surface area contributed by atoms with Crippen LogP contribution in [0.15, 0.2) is 18.2 Å². The molecule has 0 saturated carbocycles. The van der Waals surface area contributed by atoms with E-state index < -0.39 is 0 Å². The van der Waals surface area contributed by atoms with E-state index in [9.17, 15) is 0 Å². The first-order valence-electron chi connectivity index (χ1n) is 6.36. The van der Waals surface area contributed by atoms with Crippen LogP contribution in [0.1, 0.15) is 36.3 Å². The smallest absolute Gasteiger partial charge is 0.0938 e. The third-order valence-corrected chi connectivity index (χ3v) is 4.01. The molecule has 2 N–H and O–H groups in total. The van der Waals surface area contributed by atoms with Gasteiger partial charge in [-0.3, -0.25) is 0 Å². The molecule has 0 radical (unpaired) electrons. The van der Waals surface area contributed by atoms with Crippen LogP contribution in [0, 0.1) is 6.92 Å². The van der Waals surface area contributed by atoms with Gasteiger partial charge in [0, 0.05) is 0 Å². The molecule has 0 atom stereocenters. The minimum atomic E-state index is 0.820. The minimum Gasteiger partial charge on any atom is -0.330 e. The van der Waals surface area contributed by atoms with Crippen molar-refractivity contribution in [1.29, 1.82) is 0 Å². The molecule has 0 aliphatic rings. The second kappa shape index (κ2) is 6.12. The highest BCUT2D eigenvalue weighted by atomic mass is 32.1. The van der Waals surface area contributed by atoms with E-state index in [1.165, 1.54) is 34.5 Å². The number of aryl methyl sites for hydroxylation is 2. The highest BCUT2D eigenvalue weighted by Crippen LogP contribution is 2.24. The van der Waals surface area contributed by atoms with E-state index in [1.807, 2.05) is 11.3 Å². The lowest BCUT2D eigenvalue weighted by atomic mass is 10.1. The van der Waals surface area contributed by atoms with Crippen molar-refractivity contribution in [2.24, 2.45) is 5.73 Å². The Morgan fingerprint density at radius 3 is 2.82 bits per heavy atom. The lowest BCUT2D eigenvalue weighted by molar-refractivity contribution is 0.646. The van der Waals surface area contributed by atoms with Crippen LogP contribution >= 0.6 is 11.3 Å². The van der Waals surface area contributed by atoms with E-state index in [0.29, 0.717) is 0 Å². The second-order valence-corrected chi connectivity index (χ2v) is 5.65. The number of thiazole rings is 1. The molecular weight excluding hydrogens is 228 g/mol. The fraction of sp³-hybridized carbons (Fsp3) is 0.500. The van der Waals surface area contributed by atoms with Gasteiger partial charge in [-0.25, -0.2) is 4.98 Å². The Labute approximate surface area is 107 Å². The number of nitrogens with zero attached hydrogens (tertiary/aromatic N) is 1. The summed E-state index contributed by atoms with van der Waals surface area (Å²) in [4.78, 5) is 4.67. The average Bonchev–Trinajstić information content (AvgIpc) is 2.70. The van der Waals surface area contributed by atoms with Crippen LogP contribution in [0.2, 0.25) is 0 Å². The van der Waals surface area contributed by atoms with Gasteiger partial charge in [0.05, 0.1) is 15.2 Å². The zero-order valence-electron chi connectivity index (χ0n) is 10.4. The Morgan fingerprint density at radius 2 is 2.00 bits per heavy atom. The molecule has 0 fully saturated rings. The average molecular weight is 248 g/mol. The molecular formula is C14H20N2S. The maximum atomic E-state index is 5.48. The van der Waals surface area contributed by atoms with E-state index in [0.717, 1.165) is 24.9 Å².